The van der Waals surface area contributed by atoms with Crippen LogP contribution in [0.4, 0.5) is 11.4 Å². The zero-order valence-electron chi connectivity index (χ0n) is 9.14. The molecule has 0 aliphatic heterocycles. The van der Waals surface area contributed by atoms with Gasteiger partial charge in [0.25, 0.3) is 5.69 Å². The third kappa shape index (κ3) is 2.05. The van der Waals surface area contributed by atoms with Crippen molar-refractivity contribution in [2.45, 2.75) is 25.8 Å². The monoisotopic (exact) mass is 218 g/mol. The minimum absolute atomic E-state index is 0.177. The van der Waals surface area contributed by atoms with Crippen LogP contribution in [-0.2, 0) is 0 Å². The standard InChI is InChI=1S/C12H14N2O2/c1-9-11(13-10-5-2-3-6-10)7-4-8-12(9)14(15)16/h2-4,7-8,10,13H,5-6H2,1H3. The van der Waals surface area contributed by atoms with Crippen molar-refractivity contribution in [2.75, 3.05) is 5.32 Å². The molecule has 0 unspecified atom stereocenters. The minimum Gasteiger partial charge on any atom is -0.381 e. The van der Waals surface area contributed by atoms with Crippen molar-refractivity contribution in [3.63, 3.8) is 0 Å². The van der Waals surface area contributed by atoms with E-state index < -0.39 is 0 Å². The van der Waals surface area contributed by atoms with Crippen LogP contribution in [0.1, 0.15) is 18.4 Å². The number of hydrogen-bond donors (Lipinski definition) is 1. The molecule has 0 spiro atoms. The van der Waals surface area contributed by atoms with Crippen LogP contribution >= 0.6 is 0 Å². The Morgan fingerprint density at radius 2 is 2.06 bits per heavy atom. The first-order valence-corrected chi connectivity index (χ1v) is 5.34. The van der Waals surface area contributed by atoms with Crippen LogP contribution in [0.25, 0.3) is 0 Å². The number of nitrogens with zero attached hydrogens (tertiary/aromatic N) is 1. The molecule has 1 aliphatic carbocycles. The summed E-state index contributed by atoms with van der Waals surface area (Å²) in [4.78, 5) is 10.4. The third-order valence-electron chi connectivity index (χ3n) is 2.87. The lowest BCUT2D eigenvalue weighted by Crippen LogP contribution is -2.16. The van der Waals surface area contributed by atoms with Crippen molar-refractivity contribution in [1.29, 1.82) is 0 Å². The molecule has 4 nitrogen and oxygen atoms in total. The molecule has 0 amide bonds. The highest BCUT2D eigenvalue weighted by Gasteiger charge is 2.16. The fourth-order valence-corrected chi connectivity index (χ4v) is 1.93. The van der Waals surface area contributed by atoms with Gasteiger partial charge >= 0.3 is 0 Å². The lowest BCUT2D eigenvalue weighted by Gasteiger charge is -2.15. The van der Waals surface area contributed by atoms with Gasteiger partial charge < -0.3 is 5.32 Å². The highest BCUT2D eigenvalue weighted by Crippen LogP contribution is 2.27. The summed E-state index contributed by atoms with van der Waals surface area (Å²) in [6.45, 7) is 1.78. The highest BCUT2D eigenvalue weighted by atomic mass is 16.6. The molecule has 1 N–H and O–H groups in total. The Hall–Kier alpha value is -1.84. The normalized spacial score (nSPS) is 15.3. The molecule has 0 saturated carbocycles. The van der Waals surface area contributed by atoms with Crippen molar-refractivity contribution in [2.24, 2.45) is 0 Å². The number of nitrogens with one attached hydrogen (secondary N) is 1. The van der Waals surface area contributed by atoms with Crippen molar-refractivity contribution in [3.8, 4) is 0 Å². The van der Waals surface area contributed by atoms with Gasteiger partial charge in [0.05, 0.1) is 4.92 Å². The van der Waals surface area contributed by atoms with E-state index in [1.165, 1.54) is 6.07 Å². The van der Waals surface area contributed by atoms with Gasteiger partial charge in [-0.1, -0.05) is 18.2 Å². The number of benzene rings is 1. The van der Waals surface area contributed by atoms with E-state index in [4.69, 9.17) is 0 Å². The first-order chi connectivity index (χ1) is 7.68. The molecule has 0 radical (unpaired) electrons. The van der Waals surface area contributed by atoms with E-state index in [1.807, 2.05) is 6.07 Å². The average Bonchev–Trinajstić information content (AvgIpc) is 2.73. The number of rotatable bonds is 3. The predicted octanol–water partition coefficient (Wildman–Crippen LogP) is 3.03. The fraction of sp³-hybridized carbons (Fsp3) is 0.333. The average molecular weight is 218 g/mol. The number of anilines is 1. The Bertz CT molecular complexity index is 433. The lowest BCUT2D eigenvalue weighted by molar-refractivity contribution is -0.385. The summed E-state index contributed by atoms with van der Waals surface area (Å²) in [6, 6.07) is 5.52. The zero-order valence-corrected chi connectivity index (χ0v) is 9.14. The summed E-state index contributed by atoms with van der Waals surface area (Å²) >= 11 is 0. The molecule has 4 heteroatoms. The van der Waals surface area contributed by atoms with Gasteiger partial charge in [0.15, 0.2) is 0 Å². The number of nitro benzene ring substituents is 1. The molecule has 1 aromatic carbocycles. The molecular formula is C12H14N2O2. The molecule has 0 saturated heterocycles. The number of hydrogen-bond acceptors (Lipinski definition) is 3. The molecular weight excluding hydrogens is 204 g/mol. The van der Waals surface area contributed by atoms with E-state index in [0.29, 0.717) is 11.6 Å². The van der Waals surface area contributed by atoms with Crippen LogP contribution in [0.5, 0.6) is 0 Å². The SMILES string of the molecule is Cc1c(NC2CC=CC2)cccc1[N+](=O)[O-]. The van der Waals surface area contributed by atoms with Crippen LogP contribution in [0.2, 0.25) is 0 Å². The molecule has 0 aromatic heterocycles. The first-order valence-electron chi connectivity index (χ1n) is 5.34. The first kappa shape index (κ1) is 10.7. The maximum absolute atomic E-state index is 10.8. The smallest absolute Gasteiger partial charge is 0.274 e. The van der Waals surface area contributed by atoms with E-state index in [0.717, 1.165) is 18.5 Å². The molecule has 0 fully saturated rings. The Morgan fingerprint density at radius 3 is 2.69 bits per heavy atom. The van der Waals surface area contributed by atoms with E-state index in [-0.39, 0.29) is 10.6 Å². The molecule has 0 atom stereocenters. The van der Waals surface area contributed by atoms with Crippen molar-refractivity contribution in [3.05, 3.63) is 46.0 Å². The van der Waals surface area contributed by atoms with Gasteiger partial charge in [0.1, 0.15) is 0 Å². The topological polar surface area (TPSA) is 55.2 Å². The van der Waals surface area contributed by atoms with Gasteiger partial charge in [-0.2, -0.15) is 0 Å². The van der Waals surface area contributed by atoms with E-state index >= 15 is 0 Å². The molecule has 84 valence electrons. The van der Waals surface area contributed by atoms with Gasteiger partial charge in [-0.05, 0) is 25.8 Å². The van der Waals surface area contributed by atoms with E-state index in [2.05, 4.69) is 17.5 Å². The Balaban J connectivity index is 2.20. The third-order valence-corrected chi connectivity index (χ3v) is 2.87. The summed E-state index contributed by atoms with van der Waals surface area (Å²) in [5, 5.41) is 14.1. The van der Waals surface area contributed by atoms with Crippen LogP contribution in [0.3, 0.4) is 0 Å². The van der Waals surface area contributed by atoms with Gasteiger partial charge in [-0.25, -0.2) is 0 Å². The Labute approximate surface area is 94.1 Å². The van der Waals surface area contributed by atoms with Crippen molar-refractivity contribution >= 4 is 11.4 Å². The van der Waals surface area contributed by atoms with Crippen LogP contribution in [0, 0.1) is 17.0 Å². The largest absolute Gasteiger partial charge is 0.381 e. The number of nitro groups is 1. The quantitative estimate of drug-likeness (QED) is 0.482. The summed E-state index contributed by atoms with van der Waals surface area (Å²) in [6.07, 6.45) is 6.24. The van der Waals surface area contributed by atoms with Crippen LogP contribution < -0.4 is 5.32 Å². The summed E-state index contributed by atoms with van der Waals surface area (Å²) in [7, 11) is 0. The molecule has 2 rings (SSSR count). The summed E-state index contributed by atoms with van der Waals surface area (Å²) in [5.41, 5.74) is 1.75. The van der Waals surface area contributed by atoms with Gasteiger partial charge in [-0.3, -0.25) is 10.1 Å². The fourth-order valence-electron chi connectivity index (χ4n) is 1.93. The van der Waals surface area contributed by atoms with Crippen LogP contribution in [0.15, 0.2) is 30.4 Å². The Morgan fingerprint density at radius 1 is 1.38 bits per heavy atom. The molecule has 16 heavy (non-hydrogen) atoms. The molecule has 1 aromatic rings. The van der Waals surface area contributed by atoms with E-state index in [1.54, 1.807) is 13.0 Å². The van der Waals surface area contributed by atoms with Crippen LogP contribution in [-0.4, -0.2) is 11.0 Å². The second kappa shape index (κ2) is 4.35. The van der Waals surface area contributed by atoms with Gasteiger partial charge in [0.2, 0.25) is 0 Å². The van der Waals surface area contributed by atoms with Crippen molar-refractivity contribution < 1.29 is 4.92 Å². The molecule has 0 heterocycles. The van der Waals surface area contributed by atoms with Crippen molar-refractivity contribution in [1.82, 2.24) is 0 Å². The lowest BCUT2D eigenvalue weighted by atomic mass is 10.1. The highest BCUT2D eigenvalue weighted by molar-refractivity contribution is 5.60. The second-order valence-electron chi connectivity index (χ2n) is 3.99. The molecule has 0 bridgehead atoms. The second-order valence-corrected chi connectivity index (χ2v) is 3.99. The predicted molar refractivity (Wildman–Crippen MR) is 63.6 cm³/mol. The maximum Gasteiger partial charge on any atom is 0.274 e. The minimum atomic E-state index is -0.340. The van der Waals surface area contributed by atoms with Gasteiger partial charge in [0, 0.05) is 23.4 Å². The zero-order chi connectivity index (χ0) is 11.5. The summed E-state index contributed by atoms with van der Waals surface area (Å²) in [5.74, 6) is 0. The molecule has 1 aliphatic rings. The Kier molecular flexibility index (Phi) is 2.90. The maximum atomic E-state index is 10.8. The van der Waals surface area contributed by atoms with Gasteiger partial charge in [-0.15, -0.1) is 0 Å². The summed E-state index contributed by atoms with van der Waals surface area (Å²) < 4.78 is 0. The van der Waals surface area contributed by atoms with E-state index in [9.17, 15) is 10.1 Å².